The number of carbonyl (C=O) groups excluding carboxylic acids is 1. The molecular formula is C19H19N5O12S3. The number of benzene rings is 2. The van der Waals surface area contributed by atoms with Crippen molar-refractivity contribution in [1.29, 1.82) is 0 Å². The van der Waals surface area contributed by atoms with Crippen LogP contribution in [0.3, 0.4) is 0 Å². The van der Waals surface area contributed by atoms with E-state index in [4.69, 9.17) is 11.5 Å². The van der Waals surface area contributed by atoms with E-state index in [0.29, 0.717) is 28.8 Å². The molecule has 0 radical (unpaired) electrons. The predicted octanol–water partition coefficient (Wildman–Crippen LogP) is 0.229. The molecule has 0 aliphatic rings. The molecule has 1 amide bonds. The van der Waals surface area contributed by atoms with Crippen molar-refractivity contribution in [2.24, 2.45) is 21.7 Å². The summed E-state index contributed by atoms with van der Waals surface area (Å²) in [6, 6.07) is 2.32. The van der Waals surface area contributed by atoms with E-state index in [0.717, 1.165) is 0 Å². The molecule has 2 aromatic carbocycles. The summed E-state index contributed by atoms with van der Waals surface area (Å²) in [5, 5.41) is 16.9. The molecule has 0 aliphatic carbocycles. The van der Waals surface area contributed by atoms with Gasteiger partial charge < -0.3 is 16.6 Å². The number of nitrogens with zero attached hydrogens (tertiary/aromatic N) is 3. The smallest absolute Gasteiger partial charge is 0.296 e. The number of azo groups is 1. The SMILES string of the molecule is Cc1c(N=Nc2cc3c(S(=O)(=O)O)cc(S(=O)(=O)O)cc3cc2S(=O)(=O)O)c(O)n(CCN)c(=O)c1C(N)=O. The summed E-state index contributed by atoms with van der Waals surface area (Å²) in [4.78, 5) is 21.3. The summed E-state index contributed by atoms with van der Waals surface area (Å²) < 4.78 is 101. The molecule has 0 atom stereocenters. The Bertz CT molecular complexity index is 1970. The fourth-order valence-corrected chi connectivity index (χ4v) is 5.61. The molecule has 0 saturated heterocycles. The molecule has 39 heavy (non-hydrogen) atoms. The maximum Gasteiger partial charge on any atom is 0.296 e. The van der Waals surface area contributed by atoms with Gasteiger partial charge in [-0.3, -0.25) is 27.8 Å². The van der Waals surface area contributed by atoms with Gasteiger partial charge in [0.05, 0.1) is 4.90 Å². The Balaban J connectivity index is 2.45. The number of nitrogens with two attached hydrogens (primary N) is 2. The fourth-order valence-electron chi connectivity index (χ4n) is 3.62. The monoisotopic (exact) mass is 605 g/mol. The lowest BCUT2D eigenvalue weighted by Gasteiger charge is -2.14. The second-order valence-electron chi connectivity index (χ2n) is 7.87. The quantitative estimate of drug-likeness (QED) is 0.148. The number of pyridine rings is 1. The Labute approximate surface area is 219 Å². The minimum absolute atomic E-state index is 0.174. The number of aromatic nitrogens is 1. The summed E-state index contributed by atoms with van der Waals surface area (Å²) in [7, 11) is -15.4. The highest BCUT2D eigenvalue weighted by atomic mass is 32.2. The van der Waals surface area contributed by atoms with Gasteiger partial charge >= 0.3 is 0 Å². The minimum Gasteiger partial charge on any atom is -0.493 e. The van der Waals surface area contributed by atoms with Gasteiger partial charge in [-0.2, -0.15) is 25.3 Å². The number of rotatable bonds is 8. The third-order valence-electron chi connectivity index (χ3n) is 5.33. The molecule has 0 saturated carbocycles. The molecule has 210 valence electrons. The third-order valence-corrected chi connectivity index (χ3v) is 7.94. The van der Waals surface area contributed by atoms with Crippen LogP contribution in [0.4, 0.5) is 11.4 Å². The molecule has 0 unspecified atom stereocenters. The summed E-state index contributed by atoms with van der Waals surface area (Å²) in [6.45, 7) is 0.695. The van der Waals surface area contributed by atoms with E-state index in [1.807, 2.05) is 0 Å². The van der Waals surface area contributed by atoms with Crippen LogP contribution in [0.5, 0.6) is 5.88 Å². The van der Waals surface area contributed by atoms with Crippen molar-refractivity contribution in [3.8, 4) is 5.88 Å². The maximum absolute atomic E-state index is 12.6. The van der Waals surface area contributed by atoms with Gasteiger partial charge in [0.15, 0.2) is 0 Å². The maximum atomic E-state index is 12.6. The highest BCUT2D eigenvalue weighted by molar-refractivity contribution is 7.87. The molecule has 0 fully saturated rings. The Morgan fingerprint density at radius 3 is 2.00 bits per heavy atom. The Morgan fingerprint density at radius 2 is 1.51 bits per heavy atom. The molecule has 8 N–H and O–H groups in total. The second kappa shape index (κ2) is 10.1. The molecule has 3 aromatic rings. The van der Waals surface area contributed by atoms with Crippen molar-refractivity contribution in [3.05, 3.63) is 45.7 Å². The molecule has 1 heterocycles. The van der Waals surface area contributed by atoms with E-state index in [2.05, 4.69) is 10.2 Å². The standard InChI is InChI=1S/C19H19N5O12S3/c1-8-15(17(21)25)18(26)24(3-2-20)19(27)16(8)23-22-12-7-11-9(5-14(12)39(34,35)36)4-10(37(28,29)30)6-13(11)38(31,32)33/h4-7,27H,2-3,20H2,1H3,(H2,21,25)(H,28,29,30)(H,31,32,33)(H,34,35,36). The largest absolute Gasteiger partial charge is 0.493 e. The minimum atomic E-state index is -5.19. The van der Waals surface area contributed by atoms with Crippen molar-refractivity contribution in [2.75, 3.05) is 6.54 Å². The fraction of sp³-hybridized carbons (Fsp3) is 0.158. The average molecular weight is 606 g/mol. The molecule has 1 aromatic heterocycles. The highest BCUT2D eigenvalue weighted by Crippen LogP contribution is 2.37. The Kier molecular flexibility index (Phi) is 7.68. The van der Waals surface area contributed by atoms with Gasteiger partial charge in [-0.25, -0.2) is 0 Å². The van der Waals surface area contributed by atoms with Crippen LogP contribution in [0.15, 0.2) is 54.0 Å². The zero-order chi connectivity index (χ0) is 29.7. The summed E-state index contributed by atoms with van der Waals surface area (Å²) >= 11 is 0. The van der Waals surface area contributed by atoms with Crippen molar-refractivity contribution in [3.63, 3.8) is 0 Å². The van der Waals surface area contributed by atoms with E-state index in [1.54, 1.807) is 0 Å². The van der Waals surface area contributed by atoms with E-state index in [9.17, 15) is 53.6 Å². The zero-order valence-corrected chi connectivity index (χ0v) is 21.9. The first kappa shape index (κ1) is 29.8. The third kappa shape index (κ3) is 5.80. The average Bonchev–Trinajstić information content (AvgIpc) is 2.78. The number of hydrogen-bond acceptors (Lipinski definition) is 12. The number of hydrogen-bond donors (Lipinski definition) is 6. The van der Waals surface area contributed by atoms with Crippen LogP contribution in [0.1, 0.15) is 15.9 Å². The van der Waals surface area contributed by atoms with Crippen molar-refractivity contribution >= 4 is 58.4 Å². The number of primary amides is 1. The van der Waals surface area contributed by atoms with Gasteiger partial charge in [0.25, 0.3) is 41.8 Å². The number of fused-ring (bicyclic) bond motifs is 1. The van der Waals surface area contributed by atoms with Crippen molar-refractivity contribution in [2.45, 2.75) is 28.2 Å². The van der Waals surface area contributed by atoms with Crippen LogP contribution in [0, 0.1) is 6.92 Å². The molecule has 0 bridgehead atoms. The molecule has 20 heteroatoms. The van der Waals surface area contributed by atoms with Crippen LogP contribution >= 0.6 is 0 Å². The highest BCUT2D eigenvalue weighted by Gasteiger charge is 2.26. The predicted molar refractivity (Wildman–Crippen MR) is 132 cm³/mol. The summed E-state index contributed by atoms with van der Waals surface area (Å²) in [5.41, 5.74) is 7.48. The Hall–Kier alpha value is -3.79. The van der Waals surface area contributed by atoms with Crippen LogP contribution in [0.25, 0.3) is 10.8 Å². The molecular weight excluding hydrogens is 586 g/mol. The first-order chi connectivity index (χ1) is 17.8. The summed E-state index contributed by atoms with van der Waals surface area (Å²) in [5.74, 6) is -2.04. The van der Waals surface area contributed by atoms with Crippen LogP contribution in [-0.4, -0.2) is 61.0 Å². The number of amides is 1. The topological polar surface area (TPSA) is 299 Å². The molecule has 0 aliphatic heterocycles. The lowest BCUT2D eigenvalue weighted by Crippen LogP contribution is -2.32. The van der Waals surface area contributed by atoms with Crippen molar-refractivity contribution in [1.82, 2.24) is 4.57 Å². The van der Waals surface area contributed by atoms with Crippen LogP contribution < -0.4 is 17.0 Å². The number of aromatic hydroxyl groups is 1. The zero-order valence-electron chi connectivity index (χ0n) is 19.5. The first-order valence-corrected chi connectivity index (χ1v) is 14.5. The van der Waals surface area contributed by atoms with Gasteiger partial charge in [0, 0.05) is 24.0 Å². The van der Waals surface area contributed by atoms with E-state index in [1.165, 1.54) is 6.92 Å². The normalized spacial score (nSPS) is 12.8. The van der Waals surface area contributed by atoms with Gasteiger partial charge in [0.1, 0.15) is 26.7 Å². The van der Waals surface area contributed by atoms with E-state index >= 15 is 0 Å². The lowest BCUT2D eigenvalue weighted by atomic mass is 10.1. The summed E-state index contributed by atoms with van der Waals surface area (Å²) in [6.07, 6.45) is 0. The van der Waals surface area contributed by atoms with Gasteiger partial charge in [-0.15, -0.1) is 10.2 Å². The second-order valence-corrected chi connectivity index (χ2v) is 12.1. The van der Waals surface area contributed by atoms with E-state index < -0.39 is 90.1 Å². The van der Waals surface area contributed by atoms with Gasteiger partial charge in [0.2, 0.25) is 5.88 Å². The molecule has 3 rings (SSSR count). The van der Waals surface area contributed by atoms with E-state index in [-0.39, 0.29) is 18.7 Å². The molecule has 17 nitrogen and oxygen atoms in total. The molecule has 0 spiro atoms. The lowest BCUT2D eigenvalue weighted by molar-refractivity contribution is 0.0997. The van der Waals surface area contributed by atoms with Crippen LogP contribution in [0.2, 0.25) is 0 Å². The van der Waals surface area contributed by atoms with Crippen molar-refractivity contribution < 1.29 is 48.8 Å². The van der Waals surface area contributed by atoms with Crippen LogP contribution in [-0.2, 0) is 36.9 Å². The number of carbonyl (C=O) groups is 1. The van der Waals surface area contributed by atoms with Gasteiger partial charge in [-0.1, -0.05) is 0 Å². The van der Waals surface area contributed by atoms with Gasteiger partial charge in [-0.05, 0) is 36.6 Å². The Morgan fingerprint density at radius 1 is 0.923 bits per heavy atom. The first-order valence-electron chi connectivity index (χ1n) is 10.2.